The van der Waals surface area contributed by atoms with E-state index < -0.39 is 24.2 Å². The van der Waals surface area contributed by atoms with Gasteiger partial charge in [0.15, 0.2) is 12.6 Å². The summed E-state index contributed by atoms with van der Waals surface area (Å²) in [5, 5.41) is 16.2. The summed E-state index contributed by atoms with van der Waals surface area (Å²) in [5.41, 5.74) is 11.9. The van der Waals surface area contributed by atoms with Crippen molar-refractivity contribution in [3.8, 4) is 20.9 Å². The predicted molar refractivity (Wildman–Crippen MR) is 207 cm³/mol. The second kappa shape index (κ2) is 21.9. The average Bonchev–Trinajstić information content (AvgIpc) is 3.75. The average molecular weight is 811 g/mol. The Bertz CT molecular complexity index is 1770. The fourth-order valence-electron chi connectivity index (χ4n) is 5.26. The van der Waals surface area contributed by atoms with Crippen molar-refractivity contribution in [2.75, 3.05) is 50.9 Å². The number of nitrogens with one attached hydrogen (secondary N) is 6. The van der Waals surface area contributed by atoms with E-state index in [0.717, 1.165) is 29.2 Å². The molecule has 3 unspecified atom stereocenters. The van der Waals surface area contributed by atoms with Crippen molar-refractivity contribution in [2.24, 2.45) is 11.5 Å². The van der Waals surface area contributed by atoms with Gasteiger partial charge in [0.2, 0.25) is 0 Å². The van der Waals surface area contributed by atoms with Crippen molar-refractivity contribution in [2.45, 2.75) is 37.0 Å². The molecule has 0 spiro atoms. The molecule has 3 atom stereocenters. The van der Waals surface area contributed by atoms with E-state index in [1.807, 2.05) is 7.05 Å². The molecule has 4 amide bonds. The highest BCUT2D eigenvalue weighted by Crippen LogP contribution is 2.35. The predicted octanol–water partition coefficient (Wildman–Crippen LogP) is 5.82. The lowest BCUT2D eigenvalue weighted by atomic mass is 10.0. The number of carbonyl (C=O) groups is 4. The van der Waals surface area contributed by atoms with Crippen LogP contribution in [0.4, 0.5) is 42.9 Å². The van der Waals surface area contributed by atoms with Gasteiger partial charge in [0.25, 0.3) is 5.92 Å². The number of hydrogen-bond donors (Lipinski definition) is 8. The van der Waals surface area contributed by atoms with Gasteiger partial charge in [-0.15, -0.1) is 22.7 Å². The van der Waals surface area contributed by atoms with Gasteiger partial charge in [0.05, 0.1) is 27.7 Å². The zero-order valence-electron chi connectivity index (χ0n) is 29.9. The molecule has 2 aromatic carbocycles. The van der Waals surface area contributed by atoms with Crippen molar-refractivity contribution in [1.29, 1.82) is 0 Å². The van der Waals surface area contributed by atoms with Crippen LogP contribution in [0.2, 0.25) is 0 Å². The molecule has 0 saturated carbocycles. The maximum Gasteiger partial charge on any atom is 0.316 e. The second-order valence-electron chi connectivity index (χ2n) is 12.2. The summed E-state index contributed by atoms with van der Waals surface area (Å²) in [6, 6.07) is 13.9. The molecule has 4 aromatic rings. The Morgan fingerprint density at radius 2 is 1.24 bits per heavy atom. The monoisotopic (exact) mass is 810 g/mol. The highest BCUT2D eigenvalue weighted by molar-refractivity contribution is 7.18. The molecule has 4 heterocycles. The van der Waals surface area contributed by atoms with Crippen molar-refractivity contribution in [3.05, 3.63) is 82.1 Å². The fraction of sp³-hybridized carbons (Fsp3) is 0.333. The zero-order valence-corrected chi connectivity index (χ0v) is 31.5. The van der Waals surface area contributed by atoms with E-state index in [4.69, 9.17) is 11.5 Å². The van der Waals surface area contributed by atoms with Crippen molar-refractivity contribution in [1.82, 2.24) is 21.3 Å². The Morgan fingerprint density at radius 1 is 0.764 bits per heavy atom. The maximum absolute atomic E-state index is 13.1. The van der Waals surface area contributed by atoms with Crippen LogP contribution < -0.4 is 43.4 Å². The topological polar surface area (TPSA) is 192 Å². The normalized spacial score (nSPS) is 18.4. The van der Waals surface area contributed by atoms with Crippen LogP contribution in [-0.2, 0) is 0 Å². The molecule has 55 heavy (non-hydrogen) atoms. The molecule has 0 bridgehead atoms. The van der Waals surface area contributed by atoms with E-state index in [2.05, 4.69) is 31.9 Å². The Kier molecular flexibility index (Phi) is 17.8. The minimum atomic E-state index is -2.52. The Balaban J connectivity index is 0.000000206. The minimum Gasteiger partial charge on any atom is -0.351 e. The molecule has 0 radical (unpaired) electrons. The smallest absolute Gasteiger partial charge is 0.316 e. The molecule has 19 heteroatoms. The highest BCUT2D eigenvalue weighted by Gasteiger charge is 2.35. The number of thiophene rings is 2. The molecule has 2 aliphatic rings. The zero-order chi connectivity index (χ0) is 40.5. The van der Waals surface area contributed by atoms with Gasteiger partial charge in [-0.3, -0.25) is 9.59 Å². The number of alkyl halides is 3. The number of urea groups is 2. The Hall–Kier alpha value is -4.79. The molecule has 6 rings (SSSR count). The lowest BCUT2D eigenvalue weighted by molar-refractivity contribution is -0.0302. The summed E-state index contributed by atoms with van der Waals surface area (Å²) in [7, 11) is 3.57. The first-order chi connectivity index (χ1) is 26.2. The third-order valence-electron chi connectivity index (χ3n) is 7.90. The molecular weight excluding hydrogens is 768 g/mol. The number of carbonyl (C=O) groups excluding carboxylic acids is 4. The quantitative estimate of drug-likeness (QED) is 0.0806. The van der Waals surface area contributed by atoms with Crippen LogP contribution in [0.3, 0.4) is 0 Å². The molecule has 0 aliphatic carbocycles. The molecule has 2 saturated heterocycles. The van der Waals surface area contributed by atoms with Gasteiger partial charge in [-0.05, 0) is 68.0 Å². The third-order valence-corrected chi connectivity index (χ3v) is 10.1. The number of nitrogens with two attached hydrogens (primary N) is 2. The van der Waals surface area contributed by atoms with E-state index >= 15 is 0 Å². The molecule has 2 aromatic heterocycles. The first-order valence-corrected chi connectivity index (χ1v) is 18.4. The number of amides is 4. The summed E-state index contributed by atoms with van der Waals surface area (Å²) in [6.07, 6.45) is 1.20. The molecule has 2 aliphatic heterocycles. The van der Waals surface area contributed by atoms with Crippen LogP contribution in [-0.4, -0.2) is 89.1 Å². The van der Waals surface area contributed by atoms with Crippen LogP contribution in [0.25, 0.3) is 20.9 Å². The van der Waals surface area contributed by atoms with Gasteiger partial charge < -0.3 is 43.4 Å². The van der Waals surface area contributed by atoms with E-state index in [-0.39, 0.29) is 30.6 Å². The number of primary amides is 2. The van der Waals surface area contributed by atoms with Gasteiger partial charge in [-0.1, -0.05) is 24.3 Å². The number of piperidine rings is 2. The molecular formula is C36H43F5N8O4S2. The molecule has 298 valence electrons. The standard InChI is InChI=1S/2C12H9FN2O2S.C6H12F2N2.C6H13FN2/c2*13-8-3-1-2-7(4-8)10-5-9(15-12(14)17)11(6-16)18-10;1-9-5-2-6(7,8)4-10-3-5;1-8-6-2-5(7)3-9-4-6/h2*1-6H,(H3,14,15,17);5,9-10H,2-4H2,1H3;5-6,8-9H,2-4H2,1H3. The minimum absolute atomic E-state index is 0.0451. The largest absolute Gasteiger partial charge is 0.351 e. The van der Waals surface area contributed by atoms with E-state index in [1.165, 1.54) is 24.3 Å². The SMILES string of the molecule is CNC1CNCC(F)(F)C1.CNC1CNCC(F)C1.NC(=O)Nc1cc(-c2cccc(F)c2)sc1C=O.NC(=O)Nc1cc(-c2cccc(F)c2)sc1C=O. The summed E-state index contributed by atoms with van der Waals surface area (Å²) >= 11 is 2.32. The van der Waals surface area contributed by atoms with Gasteiger partial charge in [0.1, 0.15) is 17.8 Å². The van der Waals surface area contributed by atoms with E-state index in [1.54, 1.807) is 43.4 Å². The summed E-state index contributed by atoms with van der Waals surface area (Å²) in [4.78, 5) is 45.3. The van der Waals surface area contributed by atoms with Crippen LogP contribution in [0, 0.1) is 11.6 Å². The fourth-order valence-corrected chi connectivity index (χ4v) is 7.11. The van der Waals surface area contributed by atoms with Crippen molar-refractivity contribution in [3.63, 3.8) is 0 Å². The Labute approximate surface area is 322 Å². The number of benzene rings is 2. The third kappa shape index (κ3) is 15.1. The number of halogens is 5. The molecule has 2 fully saturated rings. The van der Waals surface area contributed by atoms with Gasteiger partial charge in [0, 0.05) is 47.9 Å². The number of hydrogen-bond acceptors (Lipinski definition) is 10. The van der Waals surface area contributed by atoms with Crippen molar-refractivity contribution >= 4 is 58.7 Å². The van der Waals surface area contributed by atoms with Crippen molar-refractivity contribution < 1.29 is 41.1 Å². The lowest BCUT2D eigenvalue weighted by Crippen LogP contribution is -2.51. The maximum atomic E-state index is 13.1. The van der Waals surface area contributed by atoms with Crippen LogP contribution in [0.5, 0.6) is 0 Å². The van der Waals surface area contributed by atoms with Gasteiger partial charge in [-0.2, -0.15) is 0 Å². The Morgan fingerprint density at radius 3 is 1.58 bits per heavy atom. The summed E-state index contributed by atoms with van der Waals surface area (Å²) in [5.74, 6) is -3.25. The highest BCUT2D eigenvalue weighted by atomic mass is 32.1. The number of rotatable bonds is 8. The first kappa shape index (κ1) is 44.6. The van der Waals surface area contributed by atoms with E-state index in [9.17, 15) is 41.1 Å². The van der Waals surface area contributed by atoms with Gasteiger partial charge in [-0.25, -0.2) is 31.5 Å². The molecule has 10 N–H and O–H groups in total. The summed E-state index contributed by atoms with van der Waals surface area (Å²) in [6.45, 7) is 1.90. The first-order valence-electron chi connectivity index (χ1n) is 16.8. The van der Waals surface area contributed by atoms with Crippen LogP contribution >= 0.6 is 22.7 Å². The second-order valence-corrected chi connectivity index (χ2v) is 14.3. The number of aldehydes is 2. The van der Waals surface area contributed by atoms with E-state index in [0.29, 0.717) is 80.1 Å². The number of anilines is 2. The van der Waals surface area contributed by atoms with Crippen LogP contribution in [0.1, 0.15) is 32.2 Å². The number of likely N-dealkylation sites (N-methyl/N-ethyl adjacent to an activating group) is 2. The lowest BCUT2D eigenvalue weighted by Gasteiger charge is -2.29. The molecule has 12 nitrogen and oxygen atoms in total. The van der Waals surface area contributed by atoms with Crippen LogP contribution in [0.15, 0.2) is 60.7 Å². The summed E-state index contributed by atoms with van der Waals surface area (Å²) < 4.78 is 63.8. The van der Waals surface area contributed by atoms with Gasteiger partial charge >= 0.3 is 12.1 Å².